The van der Waals surface area contributed by atoms with Gasteiger partial charge >= 0.3 is 5.97 Å². The molecule has 3 nitrogen and oxygen atoms in total. The summed E-state index contributed by atoms with van der Waals surface area (Å²) < 4.78 is 0. The second-order valence-corrected chi connectivity index (χ2v) is 6.13. The van der Waals surface area contributed by atoms with Crippen LogP contribution in [0.5, 0.6) is 0 Å². The predicted molar refractivity (Wildman–Crippen MR) is 74.2 cm³/mol. The Morgan fingerprint density at radius 1 is 1.21 bits per heavy atom. The van der Waals surface area contributed by atoms with Crippen molar-refractivity contribution in [3.8, 4) is 0 Å². The normalized spacial score (nSPS) is 30.5. The van der Waals surface area contributed by atoms with E-state index in [1.54, 1.807) is 0 Å². The Balaban J connectivity index is 1.70. The maximum atomic E-state index is 11.1. The number of hydrogen-bond acceptors (Lipinski definition) is 2. The third kappa shape index (κ3) is 2.63. The Kier molecular flexibility index (Phi) is 3.50. The molecular weight excluding hydrogens is 262 g/mol. The van der Waals surface area contributed by atoms with Gasteiger partial charge in [-0.3, -0.25) is 9.69 Å². The molecule has 1 N–H and O–H groups in total. The number of nitrogens with zero attached hydrogens (tertiary/aromatic N) is 1. The molecule has 2 saturated heterocycles. The summed E-state index contributed by atoms with van der Waals surface area (Å²) in [5.41, 5.74) is 1.26. The molecule has 19 heavy (non-hydrogen) atoms. The molecule has 2 atom stereocenters. The van der Waals surface area contributed by atoms with Crippen molar-refractivity contribution in [3.05, 3.63) is 34.9 Å². The van der Waals surface area contributed by atoms with E-state index in [-0.39, 0.29) is 5.92 Å². The Morgan fingerprint density at radius 2 is 1.79 bits per heavy atom. The van der Waals surface area contributed by atoms with E-state index in [1.165, 1.54) is 5.56 Å². The number of halogens is 1. The smallest absolute Gasteiger partial charge is 0.306 e. The molecule has 102 valence electrons. The van der Waals surface area contributed by atoms with Crippen LogP contribution >= 0.6 is 11.6 Å². The maximum Gasteiger partial charge on any atom is 0.306 e. The van der Waals surface area contributed by atoms with E-state index in [0.29, 0.717) is 12.1 Å². The van der Waals surface area contributed by atoms with E-state index in [0.717, 1.165) is 37.3 Å². The average molecular weight is 280 g/mol. The van der Waals surface area contributed by atoms with Crippen molar-refractivity contribution in [3.63, 3.8) is 0 Å². The molecule has 0 aliphatic carbocycles. The van der Waals surface area contributed by atoms with Gasteiger partial charge in [-0.1, -0.05) is 23.7 Å². The quantitative estimate of drug-likeness (QED) is 0.924. The van der Waals surface area contributed by atoms with Crippen LogP contribution in [-0.4, -0.2) is 28.1 Å². The summed E-state index contributed by atoms with van der Waals surface area (Å²) >= 11 is 5.90. The molecule has 1 aromatic carbocycles. The van der Waals surface area contributed by atoms with Crippen LogP contribution in [0, 0.1) is 5.92 Å². The zero-order chi connectivity index (χ0) is 13.4. The van der Waals surface area contributed by atoms with Crippen LogP contribution in [0.15, 0.2) is 24.3 Å². The average Bonchev–Trinajstić information content (AvgIpc) is 2.62. The molecule has 3 rings (SSSR count). The van der Waals surface area contributed by atoms with Crippen LogP contribution < -0.4 is 0 Å². The fraction of sp³-hybridized carbons (Fsp3) is 0.533. The first-order valence-electron chi connectivity index (χ1n) is 6.86. The molecule has 0 amide bonds. The third-order valence-electron chi connectivity index (χ3n) is 4.51. The molecule has 4 heteroatoms. The lowest BCUT2D eigenvalue weighted by Gasteiger charge is -2.37. The van der Waals surface area contributed by atoms with Gasteiger partial charge < -0.3 is 5.11 Å². The number of carbonyl (C=O) groups is 1. The van der Waals surface area contributed by atoms with E-state index in [1.807, 2.05) is 12.1 Å². The summed E-state index contributed by atoms with van der Waals surface area (Å²) in [6.45, 7) is 0.916. The Hall–Kier alpha value is -1.06. The van der Waals surface area contributed by atoms with Gasteiger partial charge in [0.05, 0.1) is 5.92 Å². The second-order valence-electron chi connectivity index (χ2n) is 5.69. The summed E-state index contributed by atoms with van der Waals surface area (Å²) in [5, 5.41) is 9.94. The van der Waals surface area contributed by atoms with Gasteiger partial charge in [0, 0.05) is 23.7 Å². The third-order valence-corrected chi connectivity index (χ3v) is 4.76. The van der Waals surface area contributed by atoms with Crippen LogP contribution in [0.2, 0.25) is 5.02 Å². The van der Waals surface area contributed by atoms with E-state index in [4.69, 9.17) is 11.6 Å². The molecule has 0 spiro atoms. The minimum Gasteiger partial charge on any atom is -0.481 e. The second kappa shape index (κ2) is 5.14. The molecule has 2 fully saturated rings. The monoisotopic (exact) mass is 279 g/mol. The summed E-state index contributed by atoms with van der Waals surface area (Å²) in [6.07, 6.45) is 3.89. The lowest BCUT2D eigenvalue weighted by molar-refractivity contribution is -0.144. The first kappa shape index (κ1) is 12.9. The van der Waals surface area contributed by atoms with Gasteiger partial charge in [-0.25, -0.2) is 0 Å². The molecule has 0 saturated carbocycles. The van der Waals surface area contributed by atoms with E-state index >= 15 is 0 Å². The molecule has 2 aliphatic rings. The number of rotatable bonds is 3. The van der Waals surface area contributed by atoms with Crippen molar-refractivity contribution in [1.29, 1.82) is 0 Å². The number of carboxylic acid groups (broad SMARTS) is 1. The van der Waals surface area contributed by atoms with Crippen molar-refractivity contribution < 1.29 is 9.90 Å². The van der Waals surface area contributed by atoms with Crippen molar-refractivity contribution in [1.82, 2.24) is 4.90 Å². The number of piperidine rings is 1. The topological polar surface area (TPSA) is 40.5 Å². The first-order valence-corrected chi connectivity index (χ1v) is 7.24. The van der Waals surface area contributed by atoms with E-state index < -0.39 is 5.97 Å². The Bertz CT molecular complexity index is 460. The maximum absolute atomic E-state index is 11.1. The summed E-state index contributed by atoms with van der Waals surface area (Å²) in [4.78, 5) is 13.6. The molecule has 1 aromatic rings. The van der Waals surface area contributed by atoms with Gasteiger partial charge in [0.1, 0.15) is 0 Å². The lowest BCUT2D eigenvalue weighted by Crippen LogP contribution is -2.44. The van der Waals surface area contributed by atoms with Crippen LogP contribution in [0.4, 0.5) is 0 Å². The zero-order valence-electron chi connectivity index (χ0n) is 10.8. The zero-order valence-corrected chi connectivity index (χ0v) is 11.5. The molecule has 0 aromatic heterocycles. The van der Waals surface area contributed by atoms with Crippen molar-refractivity contribution in [2.75, 3.05) is 0 Å². The van der Waals surface area contributed by atoms with E-state index in [9.17, 15) is 9.90 Å². The number of hydrogen-bond donors (Lipinski definition) is 1. The standard InChI is InChI=1S/C15H18ClNO2/c16-12-3-1-10(2-4-12)9-17-13-5-6-14(17)8-11(7-13)15(18)19/h1-4,11,13-14H,5-9H2,(H,18,19). The van der Waals surface area contributed by atoms with Gasteiger partial charge in [-0.15, -0.1) is 0 Å². The number of benzene rings is 1. The van der Waals surface area contributed by atoms with Crippen LogP contribution in [0.1, 0.15) is 31.2 Å². The number of aliphatic carboxylic acids is 1. The minimum absolute atomic E-state index is 0.140. The van der Waals surface area contributed by atoms with E-state index in [2.05, 4.69) is 17.0 Å². The summed E-state index contributed by atoms with van der Waals surface area (Å²) in [7, 11) is 0. The van der Waals surface area contributed by atoms with Gasteiger partial charge in [0.25, 0.3) is 0 Å². The van der Waals surface area contributed by atoms with Gasteiger partial charge in [0.2, 0.25) is 0 Å². The van der Waals surface area contributed by atoms with Crippen molar-refractivity contribution in [2.24, 2.45) is 5.92 Å². The highest BCUT2D eigenvalue weighted by Crippen LogP contribution is 2.39. The molecule has 0 radical (unpaired) electrons. The minimum atomic E-state index is -0.622. The SMILES string of the molecule is O=C(O)C1CC2CCC(C1)N2Cc1ccc(Cl)cc1. The number of fused-ring (bicyclic) bond motifs is 2. The van der Waals surface area contributed by atoms with Crippen LogP contribution in [0.3, 0.4) is 0 Å². The van der Waals surface area contributed by atoms with Crippen LogP contribution in [-0.2, 0) is 11.3 Å². The fourth-order valence-corrected chi connectivity index (χ4v) is 3.66. The van der Waals surface area contributed by atoms with Gasteiger partial charge in [-0.2, -0.15) is 0 Å². The first-order chi connectivity index (χ1) is 9.13. The largest absolute Gasteiger partial charge is 0.481 e. The number of carboxylic acids is 1. The van der Waals surface area contributed by atoms with Crippen molar-refractivity contribution >= 4 is 17.6 Å². The highest BCUT2D eigenvalue weighted by atomic mass is 35.5. The van der Waals surface area contributed by atoms with Gasteiger partial charge in [-0.05, 0) is 43.4 Å². The Labute approximate surface area is 118 Å². The van der Waals surface area contributed by atoms with Crippen molar-refractivity contribution in [2.45, 2.75) is 44.3 Å². The highest BCUT2D eigenvalue weighted by Gasteiger charge is 2.42. The van der Waals surface area contributed by atoms with Crippen LogP contribution in [0.25, 0.3) is 0 Å². The van der Waals surface area contributed by atoms with Gasteiger partial charge in [0.15, 0.2) is 0 Å². The molecular formula is C15H18ClNO2. The molecule has 2 aliphatic heterocycles. The fourth-order valence-electron chi connectivity index (χ4n) is 3.53. The molecule has 2 unspecified atom stereocenters. The Morgan fingerprint density at radius 3 is 2.32 bits per heavy atom. The predicted octanol–water partition coefficient (Wildman–Crippen LogP) is 3.17. The summed E-state index contributed by atoms with van der Waals surface area (Å²) in [6, 6.07) is 8.84. The highest BCUT2D eigenvalue weighted by molar-refractivity contribution is 6.30. The lowest BCUT2D eigenvalue weighted by atomic mass is 9.90. The molecule has 2 heterocycles. The summed E-state index contributed by atoms with van der Waals surface area (Å²) in [5.74, 6) is -0.762. The molecule has 2 bridgehead atoms.